The Morgan fingerprint density at radius 2 is 2.21 bits per heavy atom. The summed E-state index contributed by atoms with van der Waals surface area (Å²) in [6.45, 7) is 2.76. The maximum Gasteiger partial charge on any atom is 0.337 e. The van der Waals surface area contributed by atoms with Crippen LogP contribution in [0.25, 0.3) is 0 Å². The molecular weight excluding hydrogens is 272 g/mol. The first-order chi connectivity index (χ1) is 9.13. The quantitative estimate of drug-likeness (QED) is 0.725. The molecule has 7 nitrogen and oxygen atoms in total. The SMILES string of the molecule is COC(=O)C(O)C(O)c1csc(N2CCOCC2)n1. The van der Waals surface area contributed by atoms with Gasteiger partial charge in [-0.2, -0.15) is 0 Å². The van der Waals surface area contributed by atoms with Crippen molar-refractivity contribution >= 4 is 22.4 Å². The number of aliphatic hydroxyl groups is 2. The Labute approximate surface area is 114 Å². The summed E-state index contributed by atoms with van der Waals surface area (Å²) >= 11 is 1.36. The van der Waals surface area contributed by atoms with E-state index in [4.69, 9.17) is 4.74 Å². The van der Waals surface area contributed by atoms with Gasteiger partial charge in [-0.3, -0.25) is 0 Å². The highest BCUT2D eigenvalue weighted by Crippen LogP contribution is 2.26. The second-order valence-corrected chi connectivity index (χ2v) is 4.90. The molecule has 2 atom stereocenters. The first kappa shape index (κ1) is 14.2. The van der Waals surface area contributed by atoms with Crippen LogP contribution in [-0.4, -0.2) is 60.7 Å². The minimum absolute atomic E-state index is 0.268. The fourth-order valence-electron chi connectivity index (χ4n) is 1.72. The summed E-state index contributed by atoms with van der Waals surface area (Å²) in [5.74, 6) is -0.881. The van der Waals surface area contributed by atoms with Gasteiger partial charge in [-0.15, -0.1) is 11.3 Å². The third-order valence-electron chi connectivity index (χ3n) is 2.84. The Bertz CT molecular complexity index is 432. The van der Waals surface area contributed by atoms with E-state index >= 15 is 0 Å². The number of morpholine rings is 1. The molecular formula is C11H16N2O5S. The summed E-state index contributed by atoms with van der Waals surface area (Å²) < 4.78 is 9.62. The van der Waals surface area contributed by atoms with Crippen LogP contribution >= 0.6 is 11.3 Å². The van der Waals surface area contributed by atoms with Crippen LogP contribution in [0.2, 0.25) is 0 Å². The van der Waals surface area contributed by atoms with Crippen LogP contribution in [0, 0.1) is 0 Å². The Morgan fingerprint density at radius 3 is 2.84 bits per heavy atom. The Balaban J connectivity index is 2.05. The molecule has 0 amide bonds. The predicted molar refractivity (Wildman–Crippen MR) is 68.1 cm³/mol. The molecule has 0 saturated carbocycles. The van der Waals surface area contributed by atoms with Gasteiger partial charge in [0.25, 0.3) is 0 Å². The smallest absolute Gasteiger partial charge is 0.337 e. The summed E-state index contributed by atoms with van der Waals surface area (Å²) in [6, 6.07) is 0. The van der Waals surface area contributed by atoms with E-state index in [-0.39, 0.29) is 5.69 Å². The number of aliphatic hydroxyl groups excluding tert-OH is 2. The molecule has 2 rings (SSSR count). The fraction of sp³-hybridized carbons (Fsp3) is 0.636. The van der Waals surface area contributed by atoms with E-state index in [1.807, 2.05) is 4.90 Å². The van der Waals surface area contributed by atoms with Crippen molar-refractivity contribution in [3.8, 4) is 0 Å². The number of hydrogen-bond acceptors (Lipinski definition) is 8. The van der Waals surface area contributed by atoms with Crippen LogP contribution in [0.4, 0.5) is 5.13 Å². The average molecular weight is 288 g/mol. The molecule has 0 aliphatic carbocycles. The molecule has 1 aliphatic rings. The molecule has 19 heavy (non-hydrogen) atoms. The molecule has 0 spiro atoms. The second kappa shape index (κ2) is 6.29. The highest BCUT2D eigenvalue weighted by molar-refractivity contribution is 7.13. The number of hydrogen-bond donors (Lipinski definition) is 2. The predicted octanol–water partition coefficient (Wildman–Crippen LogP) is -0.453. The number of ether oxygens (including phenoxy) is 2. The Hall–Kier alpha value is -1.22. The van der Waals surface area contributed by atoms with Crippen molar-refractivity contribution in [1.82, 2.24) is 4.98 Å². The summed E-state index contributed by atoms with van der Waals surface area (Å²) in [6.07, 6.45) is -3.00. The monoisotopic (exact) mass is 288 g/mol. The van der Waals surface area contributed by atoms with Crippen molar-refractivity contribution in [2.45, 2.75) is 12.2 Å². The van der Waals surface area contributed by atoms with Gasteiger partial charge in [0.15, 0.2) is 11.2 Å². The molecule has 8 heteroatoms. The van der Waals surface area contributed by atoms with Gasteiger partial charge in [0, 0.05) is 18.5 Å². The van der Waals surface area contributed by atoms with Crippen LogP contribution in [-0.2, 0) is 14.3 Å². The maximum absolute atomic E-state index is 11.2. The van der Waals surface area contributed by atoms with E-state index in [0.717, 1.165) is 25.3 Å². The van der Waals surface area contributed by atoms with Gasteiger partial charge in [-0.05, 0) is 0 Å². The summed E-state index contributed by atoms with van der Waals surface area (Å²) in [4.78, 5) is 17.4. The van der Waals surface area contributed by atoms with E-state index in [0.29, 0.717) is 13.2 Å². The zero-order valence-corrected chi connectivity index (χ0v) is 11.3. The largest absolute Gasteiger partial charge is 0.467 e. The number of nitrogens with zero attached hydrogens (tertiary/aromatic N) is 2. The van der Waals surface area contributed by atoms with Gasteiger partial charge in [0.1, 0.15) is 6.10 Å². The molecule has 1 fully saturated rings. The summed E-state index contributed by atoms with van der Waals surface area (Å²) in [5, 5.41) is 21.8. The normalized spacial score (nSPS) is 19.0. The van der Waals surface area contributed by atoms with Gasteiger partial charge in [-0.25, -0.2) is 9.78 Å². The Kier molecular flexibility index (Phi) is 4.70. The number of esters is 1. The molecule has 0 radical (unpaired) electrons. The zero-order valence-electron chi connectivity index (χ0n) is 10.5. The lowest BCUT2D eigenvalue weighted by Gasteiger charge is -2.26. The lowest BCUT2D eigenvalue weighted by molar-refractivity contribution is -0.157. The number of methoxy groups -OCH3 is 1. The first-order valence-electron chi connectivity index (χ1n) is 5.85. The number of thiazole rings is 1. The maximum atomic E-state index is 11.2. The second-order valence-electron chi connectivity index (χ2n) is 4.07. The highest BCUT2D eigenvalue weighted by Gasteiger charge is 2.29. The van der Waals surface area contributed by atoms with Crippen LogP contribution in [0.1, 0.15) is 11.8 Å². The number of carbonyl (C=O) groups is 1. The lowest BCUT2D eigenvalue weighted by Crippen LogP contribution is -2.36. The molecule has 0 aromatic carbocycles. The third-order valence-corrected chi connectivity index (χ3v) is 3.76. The first-order valence-corrected chi connectivity index (χ1v) is 6.73. The van der Waals surface area contributed by atoms with E-state index in [9.17, 15) is 15.0 Å². The third kappa shape index (κ3) is 3.21. The minimum Gasteiger partial charge on any atom is -0.467 e. The lowest BCUT2D eigenvalue weighted by atomic mass is 10.1. The van der Waals surface area contributed by atoms with E-state index in [1.165, 1.54) is 11.3 Å². The van der Waals surface area contributed by atoms with Crippen LogP contribution in [0.15, 0.2) is 5.38 Å². The average Bonchev–Trinajstić information content (AvgIpc) is 2.95. The van der Waals surface area contributed by atoms with Gasteiger partial charge < -0.3 is 24.6 Å². The molecule has 0 bridgehead atoms. The molecule has 1 saturated heterocycles. The fourth-order valence-corrected chi connectivity index (χ4v) is 2.63. The number of anilines is 1. The van der Waals surface area contributed by atoms with Crippen LogP contribution in [0.3, 0.4) is 0 Å². The van der Waals surface area contributed by atoms with Gasteiger partial charge >= 0.3 is 5.97 Å². The standard InChI is InChI=1S/C11H16N2O5S/c1-17-10(16)9(15)8(14)7-6-19-11(12-7)13-2-4-18-5-3-13/h6,8-9,14-15H,2-5H2,1H3. The number of aromatic nitrogens is 1. The Morgan fingerprint density at radius 1 is 1.53 bits per heavy atom. The van der Waals surface area contributed by atoms with Crippen molar-refractivity contribution in [1.29, 1.82) is 0 Å². The highest BCUT2D eigenvalue weighted by atomic mass is 32.1. The summed E-state index contributed by atoms with van der Waals surface area (Å²) in [7, 11) is 1.15. The molecule has 1 aromatic heterocycles. The van der Waals surface area contributed by atoms with E-state index in [1.54, 1.807) is 5.38 Å². The van der Waals surface area contributed by atoms with Crippen molar-refractivity contribution < 1.29 is 24.5 Å². The molecule has 106 valence electrons. The summed E-state index contributed by atoms with van der Waals surface area (Å²) in [5.41, 5.74) is 0.268. The van der Waals surface area contributed by atoms with Crippen LogP contribution < -0.4 is 4.90 Å². The zero-order chi connectivity index (χ0) is 13.8. The van der Waals surface area contributed by atoms with Crippen LogP contribution in [0.5, 0.6) is 0 Å². The minimum atomic E-state index is -1.62. The van der Waals surface area contributed by atoms with E-state index < -0.39 is 18.2 Å². The number of carbonyl (C=O) groups excluding carboxylic acids is 1. The molecule has 1 aromatic rings. The molecule has 1 aliphatic heterocycles. The van der Waals surface area contributed by atoms with Gasteiger partial charge in [-0.1, -0.05) is 0 Å². The molecule has 2 N–H and O–H groups in total. The molecule has 2 heterocycles. The van der Waals surface area contributed by atoms with Crippen molar-refractivity contribution in [2.24, 2.45) is 0 Å². The number of rotatable bonds is 4. The van der Waals surface area contributed by atoms with Crippen molar-refractivity contribution in [2.75, 3.05) is 38.3 Å². The molecule has 2 unspecified atom stereocenters. The van der Waals surface area contributed by atoms with E-state index in [2.05, 4.69) is 9.72 Å². The topological polar surface area (TPSA) is 92.1 Å². The van der Waals surface area contributed by atoms with Gasteiger partial charge in [0.05, 0.1) is 26.0 Å². The van der Waals surface area contributed by atoms with Gasteiger partial charge in [0.2, 0.25) is 0 Å². The van der Waals surface area contributed by atoms with Crippen molar-refractivity contribution in [3.05, 3.63) is 11.1 Å². The van der Waals surface area contributed by atoms with Crippen molar-refractivity contribution in [3.63, 3.8) is 0 Å².